The summed E-state index contributed by atoms with van der Waals surface area (Å²) in [5.74, 6) is 0.321. The van der Waals surface area contributed by atoms with E-state index in [-0.39, 0.29) is 17.8 Å². The summed E-state index contributed by atoms with van der Waals surface area (Å²) >= 11 is 0. The van der Waals surface area contributed by atoms with Gasteiger partial charge in [-0.3, -0.25) is 4.79 Å². The van der Waals surface area contributed by atoms with Gasteiger partial charge in [0, 0.05) is 35.3 Å². The molecule has 0 saturated heterocycles. The molecule has 0 aliphatic heterocycles. The first-order chi connectivity index (χ1) is 15.4. The molecule has 0 atom stereocenters. The zero-order valence-electron chi connectivity index (χ0n) is 18.4. The zero-order valence-corrected chi connectivity index (χ0v) is 18.4. The predicted octanol–water partition coefficient (Wildman–Crippen LogP) is 3.96. The fraction of sp³-hybridized carbons (Fsp3) is 0.240. The summed E-state index contributed by atoms with van der Waals surface area (Å²) in [6, 6.07) is 15.5. The van der Waals surface area contributed by atoms with Gasteiger partial charge in [0.1, 0.15) is 11.5 Å². The summed E-state index contributed by atoms with van der Waals surface area (Å²) < 4.78 is 6.56. The average Bonchev–Trinajstić information content (AvgIpc) is 3.30. The molecule has 0 bridgehead atoms. The van der Waals surface area contributed by atoms with Crippen molar-refractivity contribution >= 4 is 16.7 Å². The average molecular weight is 431 g/mol. The third kappa shape index (κ3) is 3.83. The molecule has 4 aromatic rings. The Balaban J connectivity index is 2.02. The van der Waals surface area contributed by atoms with Crippen LogP contribution in [0.3, 0.4) is 0 Å². The molecule has 0 aliphatic rings. The number of carbonyl (C=O) groups excluding carboxylic acids is 1. The maximum Gasteiger partial charge on any atom is 0.356 e. The first kappa shape index (κ1) is 21.5. The maximum absolute atomic E-state index is 13.4. The van der Waals surface area contributed by atoms with Crippen LogP contribution in [-0.2, 0) is 17.8 Å². The van der Waals surface area contributed by atoms with Crippen LogP contribution in [-0.4, -0.2) is 27.6 Å². The fourth-order valence-electron chi connectivity index (χ4n) is 4.02. The van der Waals surface area contributed by atoms with E-state index in [1.807, 2.05) is 48.5 Å². The van der Waals surface area contributed by atoms with Crippen LogP contribution in [0.25, 0.3) is 33.3 Å². The number of aromatic nitrogens is 3. The second kappa shape index (κ2) is 8.80. The van der Waals surface area contributed by atoms with Crippen molar-refractivity contribution in [3.63, 3.8) is 0 Å². The number of hydrogen-bond donors (Lipinski definition) is 2. The summed E-state index contributed by atoms with van der Waals surface area (Å²) in [6.07, 6.45) is 1.44. The molecule has 0 saturated carbocycles. The molecule has 7 nitrogen and oxygen atoms in total. The number of rotatable bonds is 6. The number of hydrogen-bond acceptors (Lipinski definition) is 5. The molecule has 0 unspecified atom stereocenters. The van der Waals surface area contributed by atoms with E-state index >= 15 is 0 Å². The smallest absolute Gasteiger partial charge is 0.356 e. The maximum atomic E-state index is 13.4. The minimum atomic E-state index is -0.489. The fourth-order valence-corrected chi connectivity index (χ4v) is 4.02. The van der Waals surface area contributed by atoms with Crippen LogP contribution in [0.4, 0.5) is 0 Å². The van der Waals surface area contributed by atoms with Gasteiger partial charge >= 0.3 is 5.97 Å². The number of nitrogens with one attached hydrogen (secondary N) is 1. The Kier molecular flexibility index (Phi) is 5.92. The Hall–Kier alpha value is -3.71. The molecule has 0 spiro atoms. The summed E-state index contributed by atoms with van der Waals surface area (Å²) in [6.45, 7) is 4.99. The number of ether oxygens (including phenoxy) is 1. The number of H-pyrrole nitrogens is 1. The van der Waals surface area contributed by atoms with Gasteiger partial charge in [-0.15, -0.1) is 0 Å². The Morgan fingerprint density at radius 2 is 1.88 bits per heavy atom. The number of fused-ring (bicyclic) bond motifs is 1. The highest BCUT2D eigenvalue weighted by atomic mass is 16.5. The lowest BCUT2D eigenvalue weighted by atomic mass is 9.95. The Labute approximate surface area is 185 Å². The predicted molar refractivity (Wildman–Crippen MR) is 125 cm³/mol. The molecule has 32 heavy (non-hydrogen) atoms. The summed E-state index contributed by atoms with van der Waals surface area (Å²) in [5, 5.41) is 1.42. The summed E-state index contributed by atoms with van der Waals surface area (Å²) in [5.41, 5.74) is 9.88. The molecule has 0 amide bonds. The van der Waals surface area contributed by atoms with Crippen molar-refractivity contribution in [3.05, 3.63) is 76.5 Å². The van der Waals surface area contributed by atoms with E-state index in [4.69, 9.17) is 10.5 Å². The minimum absolute atomic E-state index is 0.0601. The molecule has 7 heteroatoms. The number of esters is 1. The molecule has 4 rings (SSSR count). The number of pyridine rings is 1. The molecular weight excluding hydrogens is 404 g/mol. The largest absolute Gasteiger partial charge is 0.464 e. The van der Waals surface area contributed by atoms with Crippen molar-refractivity contribution in [3.8, 4) is 22.5 Å². The minimum Gasteiger partial charge on any atom is -0.464 e. The van der Waals surface area contributed by atoms with Crippen LogP contribution < -0.4 is 11.3 Å². The van der Waals surface area contributed by atoms with Gasteiger partial charge in [0.15, 0.2) is 0 Å². The van der Waals surface area contributed by atoms with E-state index in [9.17, 15) is 9.59 Å². The quantitative estimate of drug-likeness (QED) is 0.451. The Morgan fingerprint density at radius 3 is 2.53 bits per heavy atom. The standard InChI is InChI=1S/C25H26N4O3/c1-15(2)14-29-21(12-26)22(16-7-5-4-6-8-16)19-11-17(9-10-18(19)24(29)30)23-27-13-20(28-23)25(31)32-3/h4-11,13,15H,12,14,26H2,1-3H3,(H,27,28). The SMILES string of the molecule is COC(=O)c1cnc(-c2ccc3c(=O)n(CC(C)C)c(CN)c(-c4ccccc4)c3c2)[nH]1. The van der Waals surface area contributed by atoms with Crippen LogP contribution in [0.5, 0.6) is 0 Å². The van der Waals surface area contributed by atoms with Gasteiger partial charge in [-0.25, -0.2) is 9.78 Å². The van der Waals surface area contributed by atoms with Crippen molar-refractivity contribution < 1.29 is 9.53 Å². The van der Waals surface area contributed by atoms with Crippen molar-refractivity contribution in [2.75, 3.05) is 7.11 Å². The van der Waals surface area contributed by atoms with Crippen molar-refractivity contribution in [2.45, 2.75) is 26.9 Å². The highest BCUT2D eigenvalue weighted by molar-refractivity contribution is 5.99. The lowest BCUT2D eigenvalue weighted by Gasteiger charge is -2.21. The Morgan fingerprint density at radius 1 is 1.12 bits per heavy atom. The van der Waals surface area contributed by atoms with Gasteiger partial charge in [0.2, 0.25) is 0 Å². The molecule has 2 aromatic heterocycles. The molecule has 0 fully saturated rings. The lowest BCUT2D eigenvalue weighted by Crippen LogP contribution is -2.28. The molecule has 2 aromatic carbocycles. The Bertz CT molecular complexity index is 1340. The van der Waals surface area contributed by atoms with Crippen LogP contribution in [0.2, 0.25) is 0 Å². The first-order valence-electron chi connectivity index (χ1n) is 10.5. The van der Waals surface area contributed by atoms with E-state index in [1.165, 1.54) is 13.3 Å². The topological polar surface area (TPSA) is 103 Å². The number of nitrogens with two attached hydrogens (primary N) is 1. The van der Waals surface area contributed by atoms with Gasteiger partial charge in [-0.2, -0.15) is 0 Å². The molecular formula is C25H26N4O3. The molecule has 164 valence electrons. The van der Waals surface area contributed by atoms with Gasteiger partial charge < -0.3 is 20.0 Å². The third-order valence-electron chi connectivity index (χ3n) is 5.44. The molecule has 2 heterocycles. The molecule has 3 N–H and O–H groups in total. The van der Waals surface area contributed by atoms with Crippen LogP contribution in [0.1, 0.15) is 30.0 Å². The normalized spacial score (nSPS) is 11.3. The number of nitrogens with zero attached hydrogens (tertiary/aromatic N) is 2. The van der Waals surface area contributed by atoms with Crippen LogP contribution >= 0.6 is 0 Å². The van der Waals surface area contributed by atoms with Crippen molar-refractivity contribution in [2.24, 2.45) is 11.7 Å². The van der Waals surface area contributed by atoms with Crippen molar-refractivity contribution in [1.29, 1.82) is 0 Å². The molecule has 0 radical (unpaired) electrons. The van der Waals surface area contributed by atoms with Gasteiger partial charge in [0.05, 0.1) is 13.3 Å². The number of methoxy groups -OCH3 is 1. The second-order valence-corrected chi connectivity index (χ2v) is 8.10. The van der Waals surface area contributed by atoms with E-state index in [2.05, 4.69) is 23.8 Å². The third-order valence-corrected chi connectivity index (χ3v) is 5.44. The number of aromatic amines is 1. The number of imidazole rings is 1. The number of carbonyl (C=O) groups is 1. The van der Waals surface area contributed by atoms with Gasteiger partial charge in [-0.1, -0.05) is 50.2 Å². The lowest BCUT2D eigenvalue weighted by molar-refractivity contribution is 0.0595. The second-order valence-electron chi connectivity index (χ2n) is 8.10. The van der Waals surface area contributed by atoms with Crippen LogP contribution in [0, 0.1) is 5.92 Å². The van der Waals surface area contributed by atoms with Gasteiger partial charge in [-0.05, 0) is 29.0 Å². The zero-order chi connectivity index (χ0) is 22.8. The van der Waals surface area contributed by atoms with E-state index in [1.54, 1.807) is 4.57 Å². The van der Waals surface area contributed by atoms with Crippen LogP contribution in [0.15, 0.2) is 59.5 Å². The van der Waals surface area contributed by atoms with E-state index in [0.717, 1.165) is 27.8 Å². The van der Waals surface area contributed by atoms with Gasteiger partial charge in [0.25, 0.3) is 5.56 Å². The van der Waals surface area contributed by atoms with E-state index < -0.39 is 5.97 Å². The number of benzene rings is 2. The monoisotopic (exact) mass is 430 g/mol. The van der Waals surface area contributed by atoms with Crippen molar-refractivity contribution in [1.82, 2.24) is 14.5 Å². The summed E-state index contributed by atoms with van der Waals surface area (Å²) in [4.78, 5) is 32.6. The molecule has 0 aliphatic carbocycles. The first-order valence-corrected chi connectivity index (χ1v) is 10.5. The highest BCUT2D eigenvalue weighted by Crippen LogP contribution is 2.33. The van der Waals surface area contributed by atoms with E-state index in [0.29, 0.717) is 23.7 Å². The summed E-state index contributed by atoms with van der Waals surface area (Å²) in [7, 11) is 1.32. The highest BCUT2D eigenvalue weighted by Gasteiger charge is 2.19.